The summed E-state index contributed by atoms with van der Waals surface area (Å²) in [6.45, 7) is 6.87. The van der Waals surface area contributed by atoms with Crippen molar-refractivity contribution in [2.45, 2.75) is 39.0 Å². The molecule has 3 rings (SSSR count). The lowest BCUT2D eigenvalue weighted by Gasteiger charge is -2.32. The highest BCUT2D eigenvalue weighted by Gasteiger charge is 2.25. The summed E-state index contributed by atoms with van der Waals surface area (Å²) >= 11 is 0. The molecular weight excluding hydrogens is 416 g/mol. The Balaban J connectivity index is 1.54. The maximum Gasteiger partial charge on any atom is 0.319 e. The van der Waals surface area contributed by atoms with Crippen molar-refractivity contribution < 1.29 is 14.3 Å². The van der Waals surface area contributed by atoms with Crippen LogP contribution in [0.4, 0.5) is 10.5 Å². The number of hydrogen-bond acceptors (Lipinski definition) is 4. The van der Waals surface area contributed by atoms with E-state index >= 15 is 0 Å². The van der Waals surface area contributed by atoms with Crippen LogP contribution in [0.1, 0.15) is 59.2 Å². The fourth-order valence-corrected chi connectivity index (χ4v) is 3.97. The molecule has 3 amide bonds. The molecule has 1 aliphatic heterocycles. The van der Waals surface area contributed by atoms with E-state index in [1.165, 1.54) is 5.56 Å². The number of urea groups is 1. The molecule has 0 spiro atoms. The van der Waals surface area contributed by atoms with Crippen LogP contribution in [0, 0.1) is 18.3 Å². The molecular formula is C26H32N4O3. The van der Waals surface area contributed by atoms with Crippen LogP contribution in [-0.2, 0) is 4.74 Å². The summed E-state index contributed by atoms with van der Waals surface area (Å²) in [5.41, 5.74) is 3.96. The quantitative estimate of drug-likeness (QED) is 0.584. The third kappa shape index (κ3) is 6.80. The Hall–Kier alpha value is -3.37. The number of carbonyl (C=O) groups is 2. The predicted molar refractivity (Wildman–Crippen MR) is 128 cm³/mol. The van der Waals surface area contributed by atoms with Crippen molar-refractivity contribution in [1.29, 1.82) is 5.26 Å². The number of carbonyl (C=O) groups excluding carboxylic acids is 2. The van der Waals surface area contributed by atoms with Crippen molar-refractivity contribution in [3.05, 3.63) is 64.7 Å². The largest absolute Gasteiger partial charge is 0.380 e. The van der Waals surface area contributed by atoms with E-state index in [-0.39, 0.29) is 11.9 Å². The van der Waals surface area contributed by atoms with Crippen molar-refractivity contribution in [2.75, 3.05) is 38.2 Å². The molecule has 1 heterocycles. The summed E-state index contributed by atoms with van der Waals surface area (Å²) in [6, 6.07) is 15.0. The zero-order valence-corrected chi connectivity index (χ0v) is 19.4. The Morgan fingerprint density at radius 2 is 1.85 bits per heavy atom. The molecule has 0 bridgehead atoms. The third-order valence-corrected chi connectivity index (χ3v) is 5.91. The van der Waals surface area contributed by atoms with Gasteiger partial charge in [0.05, 0.1) is 18.2 Å². The number of piperidine rings is 1. The molecule has 0 aromatic heterocycles. The van der Waals surface area contributed by atoms with Gasteiger partial charge in [0, 0.05) is 37.5 Å². The number of nitrogens with one attached hydrogen (secondary N) is 2. The van der Waals surface area contributed by atoms with Gasteiger partial charge in [-0.05, 0) is 67.5 Å². The van der Waals surface area contributed by atoms with Gasteiger partial charge in [0.25, 0.3) is 5.91 Å². The molecule has 0 unspecified atom stereocenters. The van der Waals surface area contributed by atoms with Gasteiger partial charge in [0.2, 0.25) is 0 Å². The van der Waals surface area contributed by atoms with Gasteiger partial charge in [-0.2, -0.15) is 5.26 Å². The van der Waals surface area contributed by atoms with Crippen LogP contribution in [0.2, 0.25) is 0 Å². The minimum atomic E-state index is -0.314. The molecule has 174 valence electrons. The summed E-state index contributed by atoms with van der Waals surface area (Å²) in [5, 5.41) is 14.6. The molecule has 0 atom stereocenters. The van der Waals surface area contributed by atoms with Crippen LogP contribution < -0.4 is 10.6 Å². The summed E-state index contributed by atoms with van der Waals surface area (Å²) < 4.78 is 5.37. The smallest absolute Gasteiger partial charge is 0.319 e. The maximum absolute atomic E-state index is 13.1. The van der Waals surface area contributed by atoms with Crippen molar-refractivity contribution in [2.24, 2.45) is 0 Å². The first-order valence-electron chi connectivity index (χ1n) is 11.5. The Bertz CT molecular complexity index is 990. The second-order valence-electron chi connectivity index (χ2n) is 8.32. The van der Waals surface area contributed by atoms with E-state index in [4.69, 9.17) is 10.00 Å². The first-order valence-corrected chi connectivity index (χ1v) is 11.5. The minimum Gasteiger partial charge on any atom is -0.380 e. The standard InChI is InChI=1S/C26H32N4O3/c1-3-15-33-16-12-28-26(32)29-24-17-23(7-4-19(24)2)25(31)30-13-10-22(11-14-30)21-8-5-20(18-27)6-9-21/h4-9,17,22H,3,10-16H2,1-2H3,(H2,28,29,32). The number of ether oxygens (including phenoxy) is 1. The molecule has 1 fully saturated rings. The Morgan fingerprint density at radius 1 is 1.12 bits per heavy atom. The fraction of sp³-hybridized carbons (Fsp3) is 0.423. The monoisotopic (exact) mass is 448 g/mol. The number of likely N-dealkylation sites (tertiary alicyclic amines) is 1. The Morgan fingerprint density at radius 3 is 2.52 bits per heavy atom. The summed E-state index contributed by atoms with van der Waals surface area (Å²) in [4.78, 5) is 27.2. The lowest BCUT2D eigenvalue weighted by molar-refractivity contribution is 0.0713. The molecule has 0 saturated carbocycles. The highest BCUT2D eigenvalue weighted by atomic mass is 16.5. The molecule has 7 nitrogen and oxygen atoms in total. The maximum atomic E-state index is 13.1. The number of anilines is 1. The third-order valence-electron chi connectivity index (χ3n) is 5.91. The highest BCUT2D eigenvalue weighted by molar-refractivity contribution is 5.97. The zero-order valence-electron chi connectivity index (χ0n) is 19.4. The lowest BCUT2D eigenvalue weighted by atomic mass is 9.89. The molecule has 2 aromatic rings. The van der Waals surface area contributed by atoms with Crippen molar-refractivity contribution in [3.8, 4) is 6.07 Å². The van der Waals surface area contributed by atoms with Gasteiger partial charge in [0.15, 0.2) is 0 Å². The molecule has 0 aliphatic carbocycles. The number of nitriles is 1. The van der Waals surface area contributed by atoms with Crippen LogP contribution in [-0.4, -0.2) is 49.7 Å². The number of amides is 3. The van der Waals surface area contributed by atoms with Crippen LogP contribution >= 0.6 is 0 Å². The van der Waals surface area contributed by atoms with E-state index < -0.39 is 0 Å². The van der Waals surface area contributed by atoms with E-state index in [9.17, 15) is 9.59 Å². The summed E-state index contributed by atoms with van der Waals surface area (Å²) in [5.74, 6) is 0.367. The summed E-state index contributed by atoms with van der Waals surface area (Å²) in [7, 11) is 0. The van der Waals surface area contributed by atoms with Gasteiger partial charge in [-0.25, -0.2) is 4.79 Å². The Labute approximate surface area is 195 Å². The van der Waals surface area contributed by atoms with Crippen molar-refractivity contribution in [3.63, 3.8) is 0 Å². The molecule has 7 heteroatoms. The van der Waals surface area contributed by atoms with E-state index in [1.54, 1.807) is 6.07 Å². The number of benzene rings is 2. The topological polar surface area (TPSA) is 94.5 Å². The average Bonchev–Trinajstić information content (AvgIpc) is 2.85. The minimum absolute atomic E-state index is 0.0234. The van der Waals surface area contributed by atoms with E-state index in [0.29, 0.717) is 55.6 Å². The fourth-order valence-electron chi connectivity index (χ4n) is 3.97. The lowest BCUT2D eigenvalue weighted by Crippen LogP contribution is -2.38. The van der Waals surface area contributed by atoms with Gasteiger partial charge in [0.1, 0.15) is 0 Å². The molecule has 2 aromatic carbocycles. The van der Waals surface area contributed by atoms with Gasteiger partial charge < -0.3 is 20.3 Å². The first-order chi connectivity index (χ1) is 16.0. The molecule has 1 saturated heterocycles. The van der Waals surface area contributed by atoms with Gasteiger partial charge in [-0.3, -0.25) is 4.79 Å². The summed E-state index contributed by atoms with van der Waals surface area (Å²) in [6.07, 6.45) is 2.72. The molecule has 2 N–H and O–H groups in total. The van der Waals surface area contributed by atoms with Gasteiger partial charge in [-0.15, -0.1) is 0 Å². The zero-order chi connectivity index (χ0) is 23.6. The number of rotatable bonds is 8. The van der Waals surface area contributed by atoms with Crippen LogP contribution in [0.5, 0.6) is 0 Å². The molecule has 33 heavy (non-hydrogen) atoms. The number of hydrogen-bond donors (Lipinski definition) is 2. The molecule has 0 radical (unpaired) electrons. The van der Waals surface area contributed by atoms with Crippen LogP contribution in [0.25, 0.3) is 0 Å². The second-order valence-corrected chi connectivity index (χ2v) is 8.32. The SMILES string of the molecule is CCCOCCNC(=O)Nc1cc(C(=O)N2CCC(c3ccc(C#N)cc3)CC2)ccc1C. The number of nitrogens with zero attached hydrogens (tertiary/aromatic N) is 2. The van der Waals surface area contributed by atoms with Crippen LogP contribution in [0.15, 0.2) is 42.5 Å². The normalized spacial score (nSPS) is 13.9. The van der Waals surface area contributed by atoms with E-state index in [0.717, 1.165) is 24.8 Å². The average molecular weight is 449 g/mol. The predicted octanol–water partition coefficient (Wildman–Crippen LogP) is 4.43. The van der Waals surface area contributed by atoms with Gasteiger partial charge >= 0.3 is 6.03 Å². The van der Waals surface area contributed by atoms with Crippen molar-refractivity contribution in [1.82, 2.24) is 10.2 Å². The van der Waals surface area contributed by atoms with Crippen LogP contribution in [0.3, 0.4) is 0 Å². The van der Waals surface area contributed by atoms with Gasteiger partial charge in [-0.1, -0.05) is 25.1 Å². The molecule has 1 aliphatic rings. The second kappa shape index (κ2) is 12.0. The van der Waals surface area contributed by atoms with Crippen molar-refractivity contribution >= 4 is 17.6 Å². The highest BCUT2D eigenvalue weighted by Crippen LogP contribution is 2.29. The number of aryl methyl sites for hydroxylation is 1. The van der Waals surface area contributed by atoms with E-state index in [2.05, 4.69) is 16.7 Å². The first kappa shape index (κ1) is 24.3. The van der Waals surface area contributed by atoms with E-state index in [1.807, 2.05) is 55.1 Å². The Kier molecular flexibility index (Phi) is 8.85.